The summed E-state index contributed by atoms with van der Waals surface area (Å²) in [6.07, 6.45) is 6.02. The van der Waals surface area contributed by atoms with Crippen LogP contribution < -0.4 is 5.32 Å². The Labute approximate surface area is 132 Å². The van der Waals surface area contributed by atoms with Crippen LogP contribution in [-0.2, 0) is 19.3 Å². The standard InChI is InChI=1S/C17H16FN3S/c18-12-6-4-11(5-7-12)8-9-19-16-15-13-2-1-3-14(13)22-17(15)21-10-20-16/h4-7,10H,1-3,8-9H2,(H,19,20,21). The number of rotatable bonds is 4. The fourth-order valence-electron chi connectivity index (χ4n) is 3.04. The highest BCUT2D eigenvalue weighted by Gasteiger charge is 2.20. The van der Waals surface area contributed by atoms with E-state index < -0.39 is 0 Å². The molecule has 3 nitrogen and oxygen atoms in total. The van der Waals surface area contributed by atoms with Gasteiger partial charge in [0.1, 0.15) is 22.8 Å². The van der Waals surface area contributed by atoms with Crippen molar-refractivity contribution in [2.45, 2.75) is 25.7 Å². The molecule has 0 bridgehead atoms. The van der Waals surface area contributed by atoms with Crippen LogP contribution in [0, 0.1) is 5.82 Å². The van der Waals surface area contributed by atoms with Gasteiger partial charge in [0.05, 0.1) is 5.39 Å². The summed E-state index contributed by atoms with van der Waals surface area (Å²) in [5, 5.41) is 4.64. The SMILES string of the molecule is Fc1ccc(CCNc2ncnc3sc4c(c23)CCC4)cc1. The maximum absolute atomic E-state index is 12.9. The molecule has 1 N–H and O–H groups in total. The molecular formula is C17H16FN3S. The van der Waals surface area contributed by atoms with Crippen LogP contribution in [0.1, 0.15) is 22.4 Å². The monoisotopic (exact) mass is 313 g/mol. The van der Waals surface area contributed by atoms with E-state index in [-0.39, 0.29) is 5.82 Å². The van der Waals surface area contributed by atoms with E-state index >= 15 is 0 Å². The molecule has 0 atom stereocenters. The van der Waals surface area contributed by atoms with Crippen LogP contribution in [0.2, 0.25) is 0 Å². The molecule has 0 saturated heterocycles. The first-order valence-corrected chi connectivity index (χ1v) is 8.36. The topological polar surface area (TPSA) is 37.8 Å². The molecule has 0 fully saturated rings. The number of benzene rings is 1. The van der Waals surface area contributed by atoms with Crippen molar-refractivity contribution < 1.29 is 4.39 Å². The first-order chi connectivity index (χ1) is 10.8. The molecule has 0 radical (unpaired) electrons. The minimum Gasteiger partial charge on any atom is -0.369 e. The minimum atomic E-state index is -0.192. The predicted octanol–water partition coefficient (Wildman–Crippen LogP) is 3.97. The molecule has 112 valence electrons. The Balaban J connectivity index is 1.53. The number of aryl methyl sites for hydroxylation is 2. The Bertz CT molecular complexity index is 811. The summed E-state index contributed by atoms with van der Waals surface area (Å²) < 4.78 is 12.9. The number of aromatic nitrogens is 2. The lowest BCUT2D eigenvalue weighted by atomic mass is 10.1. The van der Waals surface area contributed by atoms with Crippen LogP contribution >= 0.6 is 11.3 Å². The molecule has 5 heteroatoms. The molecule has 0 spiro atoms. The van der Waals surface area contributed by atoms with Gasteiger partial charge in [-0.2, -0.15) is 0 Å². The second-order valence-electron chi connectivity index (χ2n) is 5.56. The van der Waals surface area contributed by atoms with E-state index in [9.17, 15) is 4.39 Å². The first kappa shape index (κ1) is 13.6. The number of thiophene rings is 1. The highest BCUT2D eigenvalue weighted by molar-refractivity contribution is 7.19. The van der Waals surface area contributed by atoms with Gasteiger partial charge in [-0.05, 0) is 48.9 Å². The predicted molar refractivity (Wildman–Crippen MR) is 88.0 cm³/mol. The number of hydrogen-bond acceptors (Lipinski definition) is 4. The first-order valence-electron chi connectivity index (χ1n) is 7.55. The lowest BCUT2D eigenvalue weighted by Crippen LogP contribution is -2.07. The van der Waals surface area contributed by atoms with Crippen LogP contribution in [0.5, 0.6) is 0 Å². The van der Waals surface area contributed by atoms with Gasteiger partial charge in [0.2, 0.25) is 0 Å². The summed E-state index contributed by atoms with van der Waals surface area (Å²) in [7, 11) is 0. The molecular weight excluding hydrogens is 297 g/mol. The summed E-state index contributed by atoms with van der Waals surface area (Å²) in [5.74, 6) is 0.745. The Morgan fingerprint density at radius 1 is 1.14 bits per heavy atom. The molecule has 0 aliphatic heterocycles. The number of fused-ring (bicyclic) bond motifs is 3. The molecule has 1 aliphatic rings. The maximum Gasteiger partial charge on any atom is 0.138 e. The van der Waals surface area contributed by atoms with Crippen LogP contribution in [0.3, 0.4) is 0 Å². The van der Waals surface area contributed by atoms with E-state index in [1.807, 2.05) is 12.1 Å². The molecule has 2 aromatic heterocycles. The van der Waals surface area contributed by atoms with Crippen LogP contribution in [0.4, 0.5) is 10.2 Å². The van der Waals surface area contributed by atoms with Gasteiger partial charge in [0, 0.05) is 11.4 Å². The van der Waals surface area contributed by atoms with Crippen molar-refractivity contribution in [2.75, 3.05) is 11.9 Å². The number of halogens is 1. The van der Waals surface area contributed by atoms with E-state index in [1.165, 1.54) is 40.8 Å². The van der Waals surface area contributed by atoms with Crippen molar-refractivity contribution in [3.8, 4) is 0 Å². The second-order valence-corrected chi connectivity index (χ2v) is 6.65. The zero-order valence-electron chi connectivity index (χ0n) is 12.1. The third-order valence-corrected chi connectivity index (χ3v) is 5.32. The largest absolute Gasteiger partial charge is 0.369 e. The average molecular weight is 313 g/mol. The second kappa shape index (κ2) is 5.65. The molecule has 1 aromatic carbocycles. The molecule has 2 heterocycles. The number of nitrogens with one attached hydrogen (secondary N) is 1. The van der Waals surface area contributed by atoms with Gasteiger partial charge in [0.25, 0.3) is 0 Å². The maximum atomic E-state index is 12.9. The molecule has 4 rings (SSSR count). The average Bonchev–Trinajstić information content (AvgIpc) is 3.10. The normalized spacial score (nSPS) is 13.5. The van der Waals surface area contributed by atoms with Gasteiger partial charge >= 0.3 is 0 Å². The Morgan fingerprint density at radius 2 is 2.00 bits per heavy atom. The van der Waals surface area contributed by atoms with Gasteiger partial charge in [0.15, 0.2) is 0 Å². The smallest absolute Gasteiger partial charge is 0.138 e. The fourth-order valence-corrected chi connectivity index (χ4v) is 4.27. The fraction of sp³-hybridized carbons (Fsp3) is 0.294. The third kappa shape index (κ3) is 2.46. The molecule has 3 aromatic rings. The lowest BCUT2D eigenvalue weighted by molar-refractivity contribution is 0.627. The van der Waals surface area contributed by atoms with E-state index in [2.05, 4.69) is 15.3 Å². The van der Waals surface area contributed by atoms with E-state index in [0.29, 0.717) is 0 Å². The minimum absolute atomic E-state index is 0.192. The highest BCUT2D eigenvalue weighted by atomic mass is 32.1. The zero-order chi connectivity index (χ0) is 14.9. The highest BCUT2D eigenvalue weighted by Crippen LogP contribution is 2.38. The molecule has 0 amide bonds. The van der Waals surface area contributed by atoms with Crippen molar-refractivity contribution in [1.29, 1.82) is 0 Å². The van der Waals surface area contributed by atoms with Crippen molar-refractivity contribution in [3.63, 3.8) is 0 Å². The van der Waals surface area contributed by atoms with Crippen LogP contribution in [0.15, 0.2) is 30.6 Å². The molecule has 1 aliphatic carbocycles. The lowest BCUT2D eigenvalue weighted by Gasteiger charge is -2.07. The van der Waals surface area contributed by atoms with Crippen molar-refractivity contribution in [1.82, 2.24) is 9.97 Å². The van der Waals surface area contributed by atoms with Crippen LogP contribution in [0.25, 0.3) is 10.2 Å². The summed E-state index contributed by atoms with van der Waals surface area (Å²) in [6, 6.07) is 6.66. The number of anilines is 1. The molecule has 0 saturated carbocycles. The van der Waals surface area contributed by atoms with E-state index in [4.69, 9.17) is 0 Å². The van der Waals surface area contributed by atoms with Gasteiger partial charge in [-0.15, -0.1) is 11.3 Å². The van der Waals surface area contributed by atoms with Gasteiger partial charge in [-0.3, -0.25) is 0 Å². The van der Waals surface area contributed by atoms with E-state index in [0.717, 1.165) is 35.6 Å². The zero-order valence-corrected chi connectivity index (χ0v) is 12.9. The number of hydrogen-bond donors (Lipinski definition) is 1. The quantitative estimate of drug-likeness (QED) is 0.792. The van der Waals surface area contributed by atoms with Gasteiger partial charge in [-0.25, -0.2) is 14.4 Å². The summed E-state index contributed by atoms with van der Waals surface area (Å²) in [5.41, 5.74) is 2.56. The van der Waals surface area contributed by atoms with Gasteiger partial charge in [-0.1, -0.05) is 12.1 Å². The Morgan fingerprint density at radius 3 is 2.86 bits per heavy atom. The van der Waals surface area contributed by atoms with Crippen molar-refractivity contribution in [2.24, 2.45) is 0 Å². The molecule has 22 heavy (non-hydrogen) atoms. The Kier molecular flexibility index (Phi) is 3.50. The summed E-state index contributed by atoms with van der Waals surface area (Å²) in [6.45, 7) is 0.780. The number of nitrogens with zero attached hydrogens (tertiary/aromatic N) is 2. The third-order valence-electron chi connectivity index (χ3n) is 4.12. The Hall–Kier alpha value is -2.01. The van der Waals surface area contributed by atoms with Crippen molar-refractivity contribution >= 4 is 27.4 Å². The van der Waals surface area contributed by atoms with Crippen LogP contribution in [-0.4, -0.2) is 16.5 Å². The summed E-state index contributed by atoms with van der Waals surface area (Å²) >= 11 is 1.80. The summed E-state index contributed by atoms with van der Waals surface area (Å²) in [4.78, 5) is 11.4. The van der Waals surface area contributed by atoms with Gasteiger partial charge < -0.3 is 5.32 Å². The van der Waals surface area contributed by atoms with Crippen molar-refractivity contribution in [3.05, 3.63) is 52.4 Å². The van der Waals surface area contributed by atoms with E-state index in [1.54, 1.807) is 17.7 Å². The molecule has 0 unspecified atom stereocenters.